The maximum Gasteiger partial charge on any atom is 0.226 e. The summed E-state index contributed by atoms with van der Waals surface area (Å²) in [5.74, 6) is -2.97. The van der Waals surface area contributed by atoms with Gasteiger partial charge in [-0.3, -0.25) is 4.79 Å². The van der Waals surface area contributed by atoms with Gasteiger partial charge in [-0.15, -0.1) is 0 Å². The van der Waals surface area contributed by atoms with Gasteiger partial charge in [-0.1, -0.05) is 12.1 Å². The predicted octanol–water partition coefficient (Wildman–Crippen LogP) is 3.02. The molecule has 1 amide bonds. The fourth-order valence-electron chi connectivity index (χ4n) is 4.23. The van der Waals surface area contributed by atoms with Crippen LogP contribution in [0.1, 0.15) is 24.3 Å². The van der Waals surface area contributed by atoms with E-state index < -0.39 is 27.5 Å². The molecule has 1 saturated heterocycles. The summed E-state index contributed by atoms with van der Waals surface area (Å²) in [6.45, 7) is 0.723. The van der Waals surface area contributed by atoms with Crippen molar-refractivity contribution in [2.75, 3.05) is 19.3 Å². The first-order valence-electron chi connectivity index (χ1n) is 9.64. The second-order valence-electron chi connectivity index (χ2n) is 7.94. The van der Waals surface area contributed by atoms with E-state index in [1.54, 1.807) is 4.90 Å². The molecule has 0 radical (unpaired) electrons. The number of halogens is 3. The largest absolute Gasteiger partial charge is 0.341 e. The van der Waals surface area contributed by atoms with E-state index in [-0.39, 0.29) is 41.5 Å². The summed E-state index contributed by atoms with van der Waals surface area (Å²) in [6.07, 6.45) is 2.10. The number of hydrogen-bond acceptors (Lipinski definition) is 3. The van der Waals surface area contributed by atoms with Gasteiger partial charge in [-0.05, 0) is 54.2 Å². The molecule has 1 saturated carbocycles. The Labute approximate surface area is 172 Å². The van der Waals surface area contributed by atoms with Crippen LogP contribution in [0.4, 0.5) is 13.2 Å². The maximum absolute atomic E-state index is 14.3. The molecule has 0 bridgehead atoms. The van der Waals surface area contributed by atoms with Crippen molar-refractivity contribution in [3.63, 3.8) is 0 Å². The van der Waals surface area contributed by atoms with Gasteiger partial charge in [0.15, 0.2) is 0 Å². The smallest absolute Gasteiger partial charge is 0.226 e. The third-order valence-corrected chi connectivity index (χ3v) is 6.40. The van der Waals surface area contributed by atoms with Gasteiger partial charge >= 0.3 is 0 Å². The van der Waals surface area contributed by atoms with Gasteiger partial charge < -0.3 is 4.90 Å². The van der Waals surface area contributed by atoms with E-state index in [9.17, 15) is 26.4 Å². The molecular formula is C21H21F3N2O3S. The van der Waals surface area contributed by atoms with E-state index in [2.05, 4.69) is 4.72 Å². The molecule has 0 unspecified atom stereocenters. The van der Waals surface area contributed by atoms with Gasteiger partial charge in [-0.2, -0.15) is 0 Å². The number of nitrogens with one attached hydrogen (secondary N) is 1. The van der Waals surface area contributed by atoms with E-state index in [0.717, 1.165) is 24.5 Å². The molecule has 1 heterocycles. The third-order valence-electron chi connectivity index (χ3n) is 5.64. The number of rotatable bonds is 5. The SMILES string of the molecule is CS(=O)(=O)N[C@H]1CCN(C(=O)[C@@H]2C[C@H]2c2ccc(F)cc2-c2c(F)cccc2F)C1. The summed E-state index contributed by atoms with van der Waals surface area (Å²) >= 11 is 0. The summed E-state index contributed by atoms with van der Waals surface area (Å²) in [7, 11) is -3.36. The van der Waals surface area contributed by atoms with Gasteiger partial charge in [0.05, 0.1) is 11.8 Å². The Morgan fingerprint density at radius 2 is 1.83 bits per heavy atom. The van der Waals surface area contributed by atoms with Crippen LogP contribution in [0.5, 0.6) is 0 Å². The Morgan fingerprint density at radius 3 is 2.50 bits per heavy atom. The van der Waals surface area contributed by atoms with E-state index in [4.69, 9.17) is 0 Å². The molecule has 2 aliphatic rings. The standard InChI is InChI=1S/C21H21F3N2O3S/c1-30(28,29)25-13-7-8-26(11-13)21(27)17-10-15(17)14-6-5-12(22)9-16(14)20-18(23)3-2-4-19(20)24/h2-6,9,13,15,17,25H,7-8,10-11H2,1H3/t13-,15-,17+/m0/s1. The van der Waals surface area contributed by atoms with Gasteiger partial charge in [0.2, 0.25) is 15.9 Å². The lowest BCUT2D eigenvalue weighted by atomic mass is 9.94. The highest BCUT2D eigenvalue weighted by atomic mass is 32.2. The summed E-state index contributed by atoms with van der Waals surface area (Å²) < 4.78 is 67.8. The molecule has 1 N–H and O–H groups in total. The van der Waals surface area contributed by atoms with Gasteiger partial charge in [0, 0.05) is 25.0 Å². The molecule has 0 spiro atoms. The number of amides is 1. The first kappa shape index (κ1) is 20.9. The van der Waals surface area contributed by atoms with Crippen LogP contribution in [0.15, 0.2) is 36.4 Å². The Hall–Kier alpha value is -2.39. The lowest BCUT2D eigenvalue weighted by Crippen LogP contribution is -2.38. The molecule has 0 aromatic heterocycles. The van der Waals surface area contributed by atoms with Crippen LogP contribution in [-0.2, 0) is 14.8 Å². The molecule has 4 rings (SSSR count). The molecule has 2 aromatic rings. The van der Waals surface area contributed by atoms with Crippen LogP contribution in [0.25, 0.3) is 11.1 Å². The molecule has 5 nitrogen and oxygen atoms in total. The summed E-state index contributed by atoms with van der Waals surface area (Å²) in [6, 6.07) is 6.94. The average Bonchev–Trinajstić information content (AvgIpc) is 3.31. The lowest BCUT2D eigenvalue weighted by Gasteiger charge is -2.17. The highest BCUT2D eigenvalue weighted by Crippen LogP contribution is 2.52. The van der Waals surface area contributed by atoms with Crippen LogP contribution in [0.2, 0.25) is 0 Å². The minimum Gasteiger partial charge on any atom is -0.341 e. The van der Waals surface area contributed by atoms with E-state index in [0.29, 0.717) is 24.9 Å². The fraction of sp³-hybridized carbons (Fsp3) is 0.381. The first-order valence-corrected chi connectivity index (χ1v) is 11.5. The molecule has 1 aliphatic carbocycles. The molecule has 30 heavy (non-hydrogen) atoms. The number of hydrogen-bond donors (Lipinski definition) is 1. The van der Waals surface area contributed by atoms with Crippen LogP contribution in [0, 0.1) is 23.4 Å². The summed E-state index contributed by atoms with van der Waals surface area (Å²) in [4.78, 5) is 14.5. The van der Waals surface area contributed by atoms with Crippen molar-refractivity contribution in [1.29, 1.82) is 0 Å². The number of nitrogens with zero attached hydrogens (tertiary/aromatic N) is 1. The predicted molar refractivity (Wildman–Crippen MR) is 106 cm³/mol. The van der Waals surface area contributed by atoms with E-state index in [1.807, 2.05) is 0 Å². The maximum atomic E-state index is 14.3. The third kappa shape index (κ3) is 4.22. The highest BCUT2D eigenvalue weighted by molar-refractivity contribution is 7.88. The number of carbonyl (C=O) groups excluding carboxylic acids is 1. The Morgan fingerprint density at radius 1 is 1.13 bits per heavy atom. The molecule has 160 valence electrons. The van der Waals surface area contributed by atoms with Crippen molar-refractivity contribution < 1.29 is 26.4 Å². The normalized spacial score (nSPS) is 23.6. The number of carbonyl (C=O) groups is 1. The molecule has 2 aromatic carbocycles. The molecule has 2 fully saturated rings. The Bertz CT molecular complexity index is 1090. The quantitative estimate of drug-likeness (QED) is 0.781. The summed E-state index contributed by atoms with van der Waals surface area (Å²) in [5, 5.41) is 0. The topological polar surface area (TPSA) is 66.5 Å². The first-order chi connectivity index (χ1) is 14.1. The minimum absolute atomic E-state index is 0.115. The minimum atomic E-state index is -3.36. The molecule has 1 aliphatic heterocycles. The van der Waals surface area contributed by atoms with E-state index in [1.165, 1.54) is 18.2 Å². The zero-order valence-corrected chi connectivity index (χ0v) is 17.1. The molecule has 3 atom stereocenters. The Kier molecular flexibility index (Phi) is 5.36. The van der Waals surface area contributed by atoms with Crippen LogP contribution < -0.4 is 4.72 Å². The van der Waals surface area contributed by atoms with Crippen molar-refractivity contribution >= 4 is 15.9 Å². The Balaban J connectivity index is 1.54. The number of likely N-dealkylation sites (tertiary alicyclic amines) is 1. The number of sulfonamides is 1. The van der Waals surface area contributed by atoms with Crippen LogP contribution in [0.3, 0.4) is 0 Å². The van der Waals surface area contributed by atoms with Gasteiger partial charge in [0.1, 0.15) is 17.5 Å². The van der Waals surface area contributed by atoms with E-state index >= 15 is 0 Å². The van der Waals surface area contributed by atoms with Crippen molar-refractivity contribution in [1.82, 2.24) is 9.62 Å². The van der Waals surface area contributed by atoms with Gasteiger partial charge in [0.25, 0.3) is 0 Å². The zero-order chi connectivity index (χ0) is 21.6. The molecule has 9 heteroatoms. The summed E-state index contributed by atoms with van der Waals surface area (Å²) in [5.41, 5.74) is 0.344. The highest BCUT2D eigenvalue weighted by Gasteiger charge is 2.48. The van der Waals surface area contributed by atoms with Crippen molar-refractivity contribution in [3.05, 3.63) is 59.4 Å². The van der Waals surface area contributed by atoms with Crippen molar-refractivity contribution in [2.45, 2.75) is 24.8 Å². The number of benzene rings is 2. The lowest BCUT2D eigenvalue weighted by molar-refractivity contribution is -0.131. The van der Waals surface area contributed by atoms with Crippen molar-refractivity contribution in [2.24, 2.45) is 5.92 Å². The van der Waals surface area contributed by atoms with Crippen molar-refractivity contribution in [3.8, 4) is 11.1 Å². The monoisotopic (exact) mass is 438 g/mol. The molecular weight excluding hydrogens is 417 g/mol. The van der Waals surface area contributed by atoms with Gasteiger partial charge in [-0.25, -0.2) is 26.3 Å². The van der Waals surface area contributed by atoms with Crippen LogP contribution in [-0.4, -0.2) is 44.6 Å². The zero-order valence-electron chi connectivity index (χ0n) is 16.2. The second kappa shape index (κ2) is 7.70. The second-order valence-corrected chi connectivity index (χ2v) is 9.72. The fourth-order valence-corrected chi connectivity index (χ4v) is 5.03. The van der Waals surface area contributed by atoms with Crippen LogP contribution >= 0.6 is 0 Å². The average molecular weight is 438 g/mol.